The highest BCUT2D eigenvalue weighted by Gasteiger charge is 2.58. The molecule has 1 saturated carbocycles. The van der Waals surface area contributed by atoms with Crippen molar-refractivity contribution in [2.45, 2.75) is 37.9 Å². The number of phenolic OH excluding ortho intramolecular Hbond substituents is 1. The van der Waals surface area contributed by atoms with E-state index in [4.69, 9.17) is 5.73 Å². The standard InChI is InChI=1S/C24H20F3N5O3/c1-12-2-3-16(30-20(34)13-6-15(24(25,26)27)8-17(33)7-13)9-18(12)32-11-14-10-29-22(28)31-19(14)23(4-5-23)21(32)35/h2-3,6-10,33H,4-5,11H2,1H3,(H,30,34)(H2,28,29,31). The Kier molecular flexibility index (Phi) is 4.97. The Hall–Kier alpha value is -4.15. The van der Waals surface area contributed by atoms with Crippen LogP contribution in [0.3, 0.4) is 0 Å². The van der Waals surface area contributed by atoms with Gasteiger partial charge in [0, 0.05) is 28.7 Å². The molecule has 2 aliphatic rings. The van der Waals surface area contributed by atoms with Crippen molar-refractivity contribution in [1.82, 2.24) is 9.97 Å². The van der Waals surface area contributed by atoms with Gasteiger partial charge in [0.15, 0.2) is 0 Å². The number of hydrogen-bond donors (Lipinski definition) is 3. The zero-order chi connectivity index (χ0) is 25.1. The highest BCUT2D eigenvalue weighted by molar-refractivity contribution is 6.07. The first-order valence-electron chi connectivity index (χ1n) is 10.7. The van der Waals surface area contributed by atoms with Crippen molar-refractivity contribution in [1.29, 1.82) is 0 Å². The van der Waals surface area contributed by atoms with Gasteiger partial charge in [-0.15, -0.1) is 0 Å². The molecule has 35 heavy (non-hydrogen) atoms. The number of carbonyl (C=O) groups is 2. The topological polar surface area (TPSA) is 121 Å². The molecule has 1 aliphatic carbocycles. The number of nitrogens with one attached hydrogen (secondary N) is 1. The number of fused-ring (bicyclic) bond motifs is 2. The van der Waals surface area contributed by atoms with Crippen LogP contribution in [0.2, 0.25) is 0 Å². The predicted octanol–water partition coefficient (Wildman–Crippen LogP) is 3.92. The largest absolute Gasteiger partial charge is 0.508 e. The van der Waals surface area contributed by atoms with E-state index in [1.54, 1.807) is 29.3 Å². The maximum Gasteiger partial charge on any atom is 0.416 e. The summed E-state index contributed by atoms with van der Waals surface area (Å²) >= 11 is 0. The first-order valence-corrected chi connectivity index (χ1v) is 10.7. The van der Waals surface area contributed by atoms with Crippen LogP contribution in [-0.4, -0.2) is 26.9 Å². The first-order chi connectivity index (χ1) is 16.5. The molecule has 3 aromatic rings. The number of rotatable bonds is 3. The summed E-state index contributed by atoms with van der Waals surface area (Å²) in [6.07, 6.45) is -1.83. The molecule has 1 aliphatic heterocycles. The number of anilines is 3. The van der Waals surface area contributed by atoms with Crippen LogP contribution >= 0.6 is 0 Å². The Morgan fingerprint density at radius 1 is 1.20 bits per heavy atom. The van der Waals surface area contributed by atoms with Crippen LogP contribution in [0.25, 0.3) is 0 Å². The molecule has 11 heteroatoms. The number of aromatic nitrogens is 2. The Morgan fingerprint density at radius 2 is 1.94 bits per heavy atom. The van der Waals surface area contributed by atoms with E-state index in [2.05, 4.69) is 15.3 Å². The molecule has 5 rings (SSSR count). The molecule has 180 valence electrons. The summed E-state index contributed by atoms with van der Waals surface area (Å²) in [4.78, 5) is 36.1. The number of hydrogen-bond acceptors (Lipinski definition) is 6. The lowest BCUT2D eigenvalue weighted by atomic mass is 9.91. The number of aromatic hydroxyl groups is 1. The smallest absolute Gasteiger partial charge is 0.416 e. The molecule has 0 radical (unpaired) electrons. The van der Waals surface area contributed by atoms with E-state index >= 15 is 0 Å². The van der Waals surface area contributed by atoms with Gasteiger partial charge in [-0.25, -0.2) is 9.97 Å². The Labute approximate surface area is 197 Å². The molecular formula is C24H20F3N5O3. The van der Waals surface area contributed by atoms with Crippen molar-refractivity contribution < 1.29 is 27.9 Å². The van der Waals surface area contributed by atoms with Crippen molar-refractivity contribution in [2.24, 2.45) is 0 Å². The minimum atomic E-state index is -4.72. The normalized spacial score (nSPS) is 16.2. The van der Waals surface area contributed by atoms with E-state index in [0.29, 0.717) is 36.4 Å². The van der Waals surface area contributed by atoms with E-state index in [9.17, 15) is 27.9 Å². The maximum absolute atomic E-state index is 13.5. The fourth-order valence-corrected chi connectivity index (χ4v) is 4.41. The van der Waals surface area contributed by atoms with E-state index in [-0.39, 0.29) is 29.7 Å². The summed E-state index contributed by atoms with van der Waals surface area (Å²) in [5.41, 5.74) is 6.54. The molecule has 1 fully saturated rings. The van der Waals surface area contributed by atoms with Gasteiger partial charge in [0.1, 0.15) is 5.75 Å². The van der Waals surface area contributed by atoms with E-state index < -0.39 is 28.8 Å². The highest BCUT2D eigenvalue weighted by Crippen LogP contribution is 2.53. The average molecular weight is 483 g/mol. The number of phenols is 1. The number of benzene rings is 2. The van der Waals surface area contributed by atoms with Gasteiger partial charge in [-0.2, -0.15) is 13.2 Å². The lowest BCUT2D eigenvalue weighted by molar-refractivity contribution is -0.137. The van der Waals surface area contributed by atoms with Gasteiger partial charge < -0.3 is 21.1 Å². The number of halogens is 3. The van der Waals surface area contributed by atoms with Crippen LogP contribution in [0, 0.1) is 6.92 Å². The monoisotopic (exact) mass is 483 g/mol. The zero-order valence-corrected chi connectivity index (χ0v) is 18.5. The van der Waals surface area contributed by atoms with E-state index in [1.807, 2.05) is 6.92 Å². The third-order valence-electron chi connectivity index (χ3n) is 6.33. The van der Waals surface area contributed by atoms with Crippen molar-refractivity contribution in [3.63, 3.8) is 0 Å². The molecule has 2 aromatic carbocycles. The Bertz CT molecular complexity index is 1390. The SMILES string of the molecule is Cc1ccc(NC(=O)c2cc(O)cc(C(F)(F)F)c2)cc1N1Cc2cnc(N)nc2C2(CC2)C1=O. The summed E-state index contributed by atoms with van der Waals surface area (Å²) in [5, 5.41) is 12.2. The summed E-state index contributed by atoms with van der Waals surface area (Å²) in [7, 11) is 0. The minimum absolute atomic E-state index is 0.109. The number of nitrogens with zero attached hydrogens (tertiary/aromatic N) is 3. The molecule has 0 unspecified atom stereocenters. The summed E-state index contributed by atoms with van der Waals surface area (Å²) in [5.74, 6) is -1.53. The van der Waals surface area contributed by atoms with Gasteiger partial charge in [-0.3, -0.25) is 9.59 Å². The van der Waals surface area contributed by atoms with Crippen LogP contribution in [0.5, 0.6) is 5.75 Å². The molecule has 0 bridgehead atoms. The van der Waals surface area contributed by atoms with Gasteiger partial charge in [0.2, 0.25) is 11.9 Å². The van der Waals surface area contributed by atoms with Crippen molar-refractivity contribution in [2.75, 3.05) is 16.0 Å². The van der Waals surface area contributed by atoms with Crippen molar-refractivity contribution >= 4 is 29.1 Å². The fraction of sp³-hybridized carbons (Fsp3) is 0.250. The van der Waals surface area contributed by atoms with Gasteiger partial charge in [-0.05, 0) is 55.7 Å². The van der Waals surface area contributed by atoms with Crippen LogP contribution < -0.4 is 16.0 Å². The summed E-state index contributed by atoms with van der Waals surface area (Å²) in [6, 6.07) is 7.05. The second-order valence-corrected chi connectivity index (χ2v) is 8.80. The third kappa shape index (κ3) is 3.92. The first kappa shape index (κ1) is 22.6. The van der Waals surface area contributed by atoms with Gasteiger partial charge in [0.05, 0.1) is 23.2 Å². The molecule has 1 aromatic heterocycles. The van der Waals surface area contributed by atoms with Gasteiger partial charge in [-0.1, -0.05) is 6.07 Å². The van der Waals surface area contributed by atoms with E-state index in [0.717, 1.165) is 17.2 Å². The molecule has 8 nitrogen and oxygen atoms in total. The van der Waals surface area contributed by atoms with Crippen molar-refractivity contribution in [3.8, 4) is 5.75 Å². The fourth-order valence-electron chi connectivity index (χ4n) is 4.41. The quantitative estimate of drug-likeness (QED) is 0.519. The molecule has 0 atom stereocenters. The van der Waals surface area contributed by atoms with Crippen LogP contribution in [0.1, 0.15) is 45.6 Å². The second-order valence-electron chi connectivity index (χ2n) is 8.80. The molecule has 0 saturated heterocycles. The molecule has 2 amide bonds. The molecule has 4 N–H and O–H groups in total. The zero-order valence-electron chi connectivity index (χ0n) is 18.5. The van der Waals surface area contributed by atoms with Crippen LogP contribution in [-0.2, 0) is 22.9 Å². The lowest BCUT2D eigenvalue weighted by Gasteiger charge is -2.34. The van der Waals surface area contributed by atoms with E-state index in [1.165, 1.54) is 0 Å². The summed E-state index contributed by atoms with van der Waals surface area (Å²) < 4.78 is 39.2. The van der Waals surface area contributed by atoms with Gasteiger partial charge >= 0.3 is 6.18 Å². The van der Waals surface area contributed by atoms with Crippen LogP contribution in [0.4, 0.5) is 30.5 Å². The predicted molar refractivity (Wildman–Crippen MR) is 121 cm³/mol. The van der Waals surface area contributed by atoms with Crippen molar-refractivity contribution in [3.05, 3.63) is 70.5 Å². The third-order valence-corrected chi connectivity index (χ3v) is 6.33. The van der Waals surface area contributed by atoms with Crippen LogP contribution in [0.15, 0.2) is 42.6 Å². The molecule has 1 spiro atoms. The average Bonchev–Trinajstić information content (AvgIpc) is 3.59. The second kappa shape index (κ2) is 7.69. The number of amides is 2. The van der Waals surface area contributed by atoms with Gasteiger partial charge in [0.25, 0.3) is 5.91 Å². The maximum atomic E-state index is 13.5. The molecular weight excluding hydrogens is 463 g/mol. The number of aryl methyl sites for hydroxylation is 1. The summed E-state index contributed by atoms with van der Waals surface area (Å²) in [6.45, 7) is 2.03. The number of nitrogens with two attached hydrogens (primary N) is 1. The number of alkyl halides is 3. The number of carbonyl (C=O) groups excluding carboxylic acids is 2. The lowest BCUT2D eigenvalue weighted by Crippen LogP contribution is -2.45. The Balaban J connectivity index is 1.46. The molecule has 2 heterocycles. The Morgan fingerprint density at radius 3 is 2.63 bits per heavy atom. The minimum Gasteiger partial charge on any atom is -0.508 e. The highest BCUT2D eigenvalue weighted by atomic mass is 19.4. The number of nitrogen functional groups attached to an aromatic ring is 1.